The molecule has 0 atom stereocenters. The van der Waals surface area contributed by atoms with E-state index in [1.807, 2.05) is 41.5 Å². The molecule has 119 heavy (non-hydrogen) atoms. The Kier molecular flexibility index (Phi) is 27.5. The number of nitrogens with zero attached hydrogens (tertiary/aromatic N) is 14. The molecule has 0 spiro atoms. The van der Waals surface area contributed by atoms with E-state index in [9.17, 15) is 43.5 Å². The standard InChI is InChI=1S/C45H59ClF2N8O6Si.C39H45ClF2N8O6/c1-28-34(26-50-56(28)23-24-61-63(9,10)45(5,6)7)31-13-14-33(38(48)37(31)47)36-27-49-39(52(36)8)40(57)51-30-11-12-32(35(46)25-30)42(59)54-21-19-53(20-22-54)41(58)29-15-17-55(18-16-29)43(60)62-44(2,3)4;1-23-29(21-44-50(23)18-19-51)26-8-9-28(33(42)32(26)41)31-22-43-34(46(31)5)35(52)45-25-6-7-27(30(40)20-25)37(54)48-16-14-47(15-17-48)36(53)24-10-12-49(13-11-24)38(55)56-39(2,3)4/h11-14,25-27,29H,15-24H2,1-10H3,(H,51,57);6-9,20-22,24,51H,10-19H2,1-5H3,(H,45,52). The van der Waals surface area contributed by atoms with Gasteiger partial charge in [0, 0.05) is 161 Å². The lowest BCUT2D eigenvalue weighted by Gasteiger charge is -2.38. The highest BCUT2D eigenvalue weighted by atomic mass is 35.5. The Morgan fingerprint density at radius 3 is 1.17 bits per heavy atom. The van der Waals surface area contributed by atoms with E-state index in [0.29, 0.717) is 146 Å². The first-order valence-corrected chi connectivity index (χ1v) is 43.4. The summed E-state index contributed by atoms with van der Waals surface area (Å²) in [5.41, 5.74) is 2.21. The summed E-state index contributed by atoms with van der Waals surface area (Å²) in [5.74, 6) is -6.75. The van der Waals surface area contributed by atoms with Crippen molar-refractivity contribution in [2.75, 3.05) is 102 Å². The third-order valence-corrected chi connectivity index (χ3v) is 27.6. The quantitative estimate of drug-likeness (QED) is 0.0531. The number of nitrogens with one attached hydrogen (secondary N) is 2. The number of imidazole rings is 2. The fraction of sp³-hybridized carbons (Fsp3) is 0.476. The number of likely N-dealkylation sites (tertiary alicyclic amines) is 2. The van der Waals surface area contributed by atoms with Crippen LogP contribution in [0, 0.1) is 49.0 Å². The fourth-order valence-corrected chi connectivity index (χ4v) is 16.1. The first-order chi connectivity index (χ1) is 56.0. The first kappa shape index (κ1) is 89.3. The number of halogens is 6. The maximum Gasteiger partial charge on any atom is 0.410 e. The predicted octanol–water partition coefficient (Wildman–Crippen LogP) is 13.8. The Morgan fingerprint density at radius 1 is 0.479 bits per heavy atom. The molecule has 0 unspecified atom stereocenters. The summed E-state index contributed by atoms with van der Waals surface area (Å²) >= 11 is 13.1. The number of aromatic nitrogens is 8. The van der Waals surface area contributed by atoms with Crippen molar-refractivity contribution in [1.82, 2.24) is 68.1 Å². The molecule has 0 saturated carbocycles. The van der Waals surface area contributed by atoms with Gasteiger partial charge in [-0.25, -0.2) is 37.1 Å². The fourth-order valence-electron chi connectivity index (χ4n) is 14.5. The SMILES string of the molecule is Cc1c(-c2ccc(-c3cnc(C(=O)Nc4ccc(C(=O)N5CCN(C(=O)C6CCN(C(=O)OC(C)(C)C)CC6)CC5)c(Cl)c4)n3C)c(F)c2F)cnn1CCO.Cc1c(-c2ccc(-c3cnc(C(=O)Nc4ccc(C(=O)N5CCN(C(=O)C6CCN(C(=O)OC(C)(C)C)CC6)CC5)c(Cl)c4)n3C)c(F)c2F)cnn1CCO[Si](C)(C)C(C)(C)C. The van der Waals surface area contributed by atoms with E-state index in [0.717, 1.165) is 0 Å². The van der Waals surface area contributed by atoms with Crippen molar-refractivity contribution in [2.24, 2.45) is 25.9 Å². The number of aliphatic hydroxyl groups is 1. The van der Waals surface area contributed by atoms with Gasteiger partial charge in [0.2, 0.25) is 11.8 Å². The summed E-state index contributed by atoms with van der Waals surface area (Å²) in [6.07, 6.45) is 6.95. The monoisotopic (exact) mass is 1700 g/mol. The lowest BCUT2D eigenvalue weighted by atomic mass is 9.95. The summed E-state index contributed by atoms with van der Waals surface area (Å²) in [6.45, 7) is 30.8. The number of carbonyl (C=O) groups excluding carboxylic acids is 8. The Hall–Kier alpha value is -10.5. The van der Waals surface area contributed by atoms with Gasteiger partial charge in [-0.15, -0.1) is 0 Å². The minimum Gasteiger partial charge on any atom is -0.444 e. The van der Waals surface area contributed by atoms with Crippen molar-refractivity contribution in [3.05, 3.63) is 153 Å². The molecule has 4 aromatic carbocycles. The van der Waals surface area contributed by atoms with E-state index in [-0.39, 0.29) is 138 Å². The van der Waals surface area contributed by atoms with Gasteiger partial charge in [0.15, 0.2) is 43.2 Å². The van der Waals surface area contributed by atoms with E-state index < -0.39 is 54.6 Å². The largest absolute Gasteiger partial charge is 0.444 e. The van der Waals surface area contributed by atoms with Gasteiger partial charge in [-0.3, -0.25) is 38.1 Å². The molecule has 8 aromatic rings. The van der Waals surface area contributed by atoms with Crippen LogP contribution in [0.25, 0.3) is 44.8 Å². The molecule has 4 fully saturated rings. The third-order valence-electron chi connectivity index (χ3n) is 22.4. The lowest BCUT2D eigenvalue weighted by Crippen LogP contribution is -2.53. The smallest absolute Gasteiger partial charge is 0.410 e. The van der Waals surface area contributed by atoms with Gasteiger partial charge in [0.05, 0.1) is 83.7 Å². The van der Waals surface area contributed by atoms with Crippen molar-refractivity contribution in [1.29, 1.82) is 0 Å². The van der Waals surface area contributed by atoms with Crippen LogP contribution < -0.4 is 10.6 Å². The van der Waals surface area contributed by atoms with Gasteiger partial charge in [-0.2, -0.15) is 10.2 Å². The van der Waals surface area contributed by atoms with Gasteiger partial charge in [0.25, 0.3) is 23.6 Å². The number of ether oxygens (including phenoxy) is 2. The van der Waals surface area contributed by atoms with E-state index >= 15 is 17.6 Å². The maximum atomic E-state index is 15.8. The lowest BCUT2D eigenvalue weighted by molar-refractivity contribution is -0.139. The minimum absolute atomic E-state index is 0.00896. The summed E-state index contributed by atoms with van der Waals surface area (Å²) in [7, 11) is 1.07. The van der Waals surface area contributed by atoms with Crippen LogP contribution in [0.2, 0.25) is 28.2 Å². The normalized spacial score (nSPS) is 15.4. The molecule has 8 heterocycles. The van der Waals surface area contributed by atoms with E-state index in [2.05, 4.69) is 64.7 Å². The minimum atomic E-state index is -1.96. The van der Waals surface area contributed by atoms with Crippen molar-refractivity contribution >= 4 is 90.5 Å². The zero-order valence-electron chi connectivity index (χ0n) is 69.8. The second-order valence-electron chi connectivity index (χ2n) is 33.7. The topological polar surface area (TPSA) is 299 Å². The van der Waals surface area contributed by atoms with Gasteiger partial charge < -0.3 is 68.2 Å². The molecule has 0 radical (unpaired) electrons. The van der Waals surface area contributed by atoms with Crippen LogP contribution in [0.15, 0.2) is 85.5 Å². The Labute approximate surface area is 700 Å². The molecule has 28 nitrogen and oxygen atoms in total. The number of carbonyl (C=O) groups is 8. The second-order valence-corrected chi connectivity index (χ2v) is 39.3. The third kappa shape index (κ3) is 20.4. The molecule has 3 N–H and O–H groups in total. The van der Waals surface area contributed by atoms with Gasteiger partial charge in [0.1, 0.15) is 11.2 Å². The molecular formula is C84H104Cl2F4N16O12Si. The number of hydrogen-bond donors (Lipinski definition) is 3. The average molecular weight is 1700 g/mol. The van der Waals surface area contributed by atoms with Crippen molar-refractivity contribution in [3.8, 4) is 44.8 Å². The number of hydrogen-bond acceptors (Lipinski definition) is 16. The zero-order valence-corrected chi connectivity index (χ0v) is 72.4. The summed E-state index contributed by atoms with van der Waals surface area (Å²) in [6, 6.07) is 14.8. The molecule has 35 heteroatoms. The highest BCUT2D eigenvalue weighted by Crippen LogP contribution is 2.39. The number of benzene rings is 4. The number of amides is 8. The second kappa shape index (κ2) is 36.6. The molecule has 4 aliphatic rings. The highest BCUT2D eigenvalue weighted by molar-refractivity contribution is 6.74. The summed E-state index contributed by atoms with van der Waals surface area (Å²) < 4.78 is 85.6. The molecule has 0 bridgehead atoms. The Bertz CT molecular complexity index is 5150. The molecule has 4 aromatic heterocycles. The van der Waals surface area contributed by atoms with Crippen molar-refractivity contribution in [2.45, 2.75) is 144 Å². The van der Waals surface area contributed by atoms with Crippen LogP contribution in [0.1, 0.15) is 141 Å². The van der Waals surface area contributed by atoms with Gasteiger partial charge in [-0.1, -0.05) is 56.1 Å². The van der Waals surface area contributed by atoms with E-state index in [1.54, 1.807) is 54.0 Å². The van der Waals surface area contributed by atoms with E-state index in [4.69, 9.17) is 37.1 Å². The van der Waals surface area contributed by atoms with Crippen LogP contribution in [-0.4, -0.2) is 232 Å². The molecule has 4 saturated heterocycles. The van der Waals surface area contributed by atoms with Crippen LogP contribution >= 0.6 is 23.2 Å². The zero-order chi connectivity index (χ0) is 86.7. The molecule has 4 aliphatic heterocycles. The molecule has 12 rings (SSSR count). The number of rotatable bonds is 18. The number of aliphatic hydroxyl groups excluding tert-OH is 1. The molecule has 0 aliphatic carbocycles. The Morgan fingerprint density at radius 2 is 0.824 bits per heavy atom. The van der Waals surface area contributed by atoms with Crippen molar-refractivity contribution < 1.29 is 74.9 Å². The van der Waals surface area contributed by atoms with Gasteiger partial charge in [-0.05, 0) is 148 Å². The van der Waals surface area contributed by atoms with Crippen LogP contribution in [0.5, 0.6) is 0 Å². The molecular weight excluding hydrogens is 1600 g/mol. The van der Waals surface area contributed by atoms with E-state index in [1.165, 1.54) is 107 Å². The predicted molar refractivity (Wildman–Crippen MR) is 444 cm³/mol. The van der Waals surface area contributed by atoms with Crippen LogP contribution in [0.4, 0.5) is 38.5 Å². The first-order valence-electron chi connectivity index (χ1n) is 39.7. The number of piperazine rings is 2. The van der Waals surface area contributed by atoms with Crippen LogP contribution in [0.3, 0.4) is 0 Å². The maximum absolute atomic E-state index is 15.8. The van der Waals surface area contributed by atoms with Crippen LogP contribution in [-0.2, 0) is 50.7 Å². The highest BCUT2D eigenvalue weighted by Gasteiger charge is 2.40. The average Bonchev–Trinajstić information content (AvgIpc) is 1.67. The van der Waals surface area contributed by atoms with Gasteiger partial charge >= 0.3 is 12.2 Å². The number of anilines is 2. The number of piperidine rings is 2. The van der Waals surface area contributed by atoms with Crippen molar-refractivity contribution in [3.63, 3.8) is 0 Å². The summed E-state index contributed by atoms with van der Waals surface area (Å²) in [5, 5.41) is 23.5. The summed E-state index contributed by atoms with van der Waals surface area (Å²) in [4.78, 5) is 124. The molecule has 638 valence electrons. The Balaban J connectivity index is 0.000000235. The molecule has 8 amide bonds.